The van der Waals surface area contributed by atoms with E-state index in [2.05, 4.69) is 12.6 Å². The van der Waals surface area contributed by atoms with E-state index in [0.29, 0.717) is 9.80 Å². The van der Waals surface area contributed by atoms with E-state index in [0.717, 1.165) is 18.4 Å². The van der Waals surface area contributed by atoms with E-state index in [4.69, 9.17) is 0 Å². The van der Waals surface area contributed by atoms with Gasteiger partial charge in [-0.2, -0.15) is 13.2 Å². The lowest BCUT2D eigenvalue weighted by Crippen LogP contribution is -2.35. The summed E-state index contributed by atoms with van der Waals surface area (Å²) in [6.45, 7) is -1.24. The van der Waals surface area contributed by atoms with Crippen LogP contribution in [0, 0.1) is 0 Å². The highest BCUT2D eigenvalue weighted by molar-refractivity contribution is 7.80. The molecule has 1 aromatic heterocycles. The normalized spacial score (nSPS) is 11.5. The van der Waals surface area contributed by atoms with Crippen LogP contribution in [0.4, 0.5) is 13.2 Å². The van der Waals surface area contributed by atoms with Gasteiger partial charge in [0.05, 0.1) is 4.88 Å². The molecular weight excluding hydrogens is 247 g/mol. The number of carbonyl (C=O) groups is 1. The van der Waals surface area contributed by atoms with E-state index < -0.39 is 18.6 Å². The number of hydrogen-bond acceptors (Lipinski definition) is 3. The zero-order valence-electron chi connectivity index (χ0n) is 7.71. The molecule has 0 N–H and O–H groups in total. The summed E-state index contributed by atoms with van der Waals surface area (Å²) in [5, 5.41) is 1.60. The quantitative estimate of drug-likeness (QED) is 0.806. The van der Waals surface area contributed by atoms with Crippen LogP contribution in [-0.2, 0) is 0 Å². The number of thiol groups is 1. The molecule has 7 heteroatoms. The van der Waals surface area contributed by atoms with Crippen molar-refractivity contribution in [3.8, 4) is 0 Å². The minimum absolute atomic E-state index is 0.256. The van der Waals surface area contributed by atoms with Gasteiger partial charge in [0.25, 0.3) is 5.91 Å². The fourth-order valence-corrected chi connectivity index (χ4v) is 2.11. The Morgan fingerprint density at radius 3 is 2.60 bits per heavy atom. The summed E-state index contributed by atoms with van der Waals surface area (Å²) in [7, 11) is 1.12. The highest BCUT2D eigenvalue weighted by Gasteiger charge is 2.31. The summed E-state index contributed by atoms with van der Waals surface area (Å²) < 4.78 is 35.9. The second kappa shape index (κ2) is 4.44. The van der Waals surface area contributed by atoms with Gasteiger partial charge in [0.2, 0.25) is 0 Å². The number of carbonyl (C=O) groups excluding carboxylic acids is 1. The van der Waals surface area contributed by atoms with Gasteiger partial charge in [-0.3, -0.25) is 4.79 Å². The van der Waals surface area contributed by atoms with Crippen molar-refractivity contribution in [2.45, 2.75) is 11.1 Å². The Hall–Kier alpha value is -0.690. The first kappa shape index (κ1) is 12.4. The van der Waals surface area contributed by atoms with E-state index in [1.54, 1.807) is 5.38 Å². The maximum absolute atomic E-state index is 12.0. The number of alkyl halides is 3. The standard InChI is InChI=1S/C8H8F3NOS2/c1-12(4-8(9,10)11)7(13)6-2-5(14)3-15-6/h2-3,14H,4H2,1H3. The van der Waals surface area contributed by atoms with Crippen molar-refractivity contribution >= 4 is 29.9 Å². The lowest BCUT2D eigenvalue weighted by Gasteiger charge is -2.17. The highest BCUT2D eigenvalue weighted by Crippen LogP contribution is 2.21. The lowest BCUT2D eigenvalue weighted by atomic mass is 10.4. The van der Waals surface area contributed by atoms with Crippen LogP contribution in [0.25, 0.3) is 0 Å². The van der Waals surface area contributed by atoms with Crippen molar-refractivity contribution in [1.82, 2.24) is 4.90 Å². The fraction of sp³-hybridized carbons (Fsp3) is 0.375. The maximum atomic E-state index is 12.0. The van der Waals surface area contributed by atoms with Crippen molar-refractivity contribution in [2.24, 2.45) is 0 Å². The van der Waals surface area contributed by atoms with Crippen molar-refractivity contribution in [3.63, 3.8) is 0 Å². The monoisotopic (exact) mass is 255 g/mol. The topological polar surface area (TPSA) is 20.3 Å². The van der Waals surface area contributed by atoms with Crippen LogP contribution in [0.1, 0.15) is 9.67 Å². The first-order chi connectivity index (χ1) is 6.79. The molecule has 0 saturated carbocycles. The molecule has 0 aromatic carbocycles. The fourth-order valence-electron chi connectivity index (χ4n) is 0.967. The Kier molecular flexibility index (Phi) is 3.67. The van der Waals surface area contributed by atoms with Crippen LogP contribution in [0.3, 0.4) is 0 Å². The summed E-state index contributed by atoms with van der Waals surface area (Å²) in [6.07, 6.45) is -4.37. The molecular formula is C8H8F3NOS2. The SMILES string of the molecule is CN(CC(F)(F)F)C(=O)c1cc(S)cs1. The van der Waals surface area contributed by atoms with E-state index in [9.17, 15) is 18.0 Å². The molecule has 0 fully saturated rings. The molecule has 1 rings (SSSR count). The lowest BCUT2D eigenvalue weighted by molar-refractivity contribution is -0.138. The molecule has 2 nitrogen and oxygen atoms in total. The first-order valence-electron chi connectivity index (χ1n) is 3.89. The molecule has 0 atom stereocenters. The molecule has 0 aliphatic rings. The summed E-state index contributed by atoms with van der Waals surface area (Å²) in [4.78, 5) is 12.9. The van der Waals surface area contributed by atoms with Crippen LogP contribution < -0.4 is 0 Å². The second-order valence-corrected chi connectivity index (χ2v) is 4.37. The van der Waals surface area contributed by atoms with Gasteiger partial charge in [0.15, 0.2) is 0 Å². The largest absolute Gasteiger partial charge is 0.406 e. The Balaban J connectivity index is 2.69. The number of rotatable bonds is 2. The van der Waals surface area contributed by atoms with Crippen LogP contribution >= 0.6 is 24.0 Å². The Morgan fingerprint density at radius 1 is 1.60 bits per heavy atom. The van der Waals surface area contributed by atoms with Crippen molar-refractivity contribution < 1.29 is 18.0 Å². The second-order valence-electron chi connectivity index (χ2n) is 2.95. The molecule has 1 amide bonds. The van der Waals surface area contributed by atoms with Gasteiger partial charge >= 0.3 is 6.18 Å². The molecule has 0 bridgehead atoms. The number of halogens is 3. The molecule has 84 valence electrons. The molecule has 0 saturated heterocycles. The van der Waals surface area contributed by atoms with Crippen molar-refractivity contribution in [2.75, 3.05) is 13.6 Å². The predicted octanol–water partition coefficient (Wildman–Crippen LogP) is 2.67. The van der Waals surface area contributed by atoms with Crippen LogP contribution in [0.15, 0.2) is 16.3 Å². The average molecular weight is 255 g/mol. The summed E-state index contributed by atoms with van der Waals surface area (Å²) in [5.41, 5.74) is 0. The van der Waals surface area contributed by atoms with Crippen LogP contribution in [0.5, 0.6) is 0 Å². The number of amides is 1. The van der Waals surface area contributed by atoms with E-state index in [1.165, 1.54) is 6.07 Å². The Labute approximate surface area is 94.1 Å². The summed E-state index contributed by atoms with van der Waals surface area (Å²) in [5.74, 6) is -0.641. The molecule has 0 aliphatic carbocycles. The summed E-state index contributed by atoms with van der Waals surface area (Å²) >= 11 is 5.05. The van der Waals surface area contributed by atoms with Gasteiger partial charge in [0, 0.05) is 17.3 Å². The van der Waals surface area contributed by atoms with Gasteiger partial charge in [-0.05, 0) is 6.07 Å². The third-order valence-corrected chi connectivity index (χ3v) is 2.91. The molecule has 1 aromatic rings. The molecule has 1 heterocycles. The van der Waals surface area contributed by atoms with Crippen LogP contribution in [-0.4, -0.2) is 30.6 Å². The number of thiophene rings is 1. The van der Waals surface area contributed by atoms with Crippen molar-refractivity contribution in [1.29, 1.82) is 0 Å². The zero-order chi connectivity index (χ0) is 11.6. The minimum Gasteiger partial charge on any atom is -0.332 e. The van der Waals surface area contributed by atoms with E-state index >= 15 is 0 Å². The number of nitrogens with zero attached hydrogens (tertiary/aromatic N) is 1. The highest BCUT2D eigenvalue weighted by atomic mass is 32.1. The smallest absolute Gasteiger partial charge is 0.332 e. The van der Waals surface area contributed by atoms with E-state index in [1.807, 2.05) is 0 Å². The van der Waals surface area contributed by atoms with Gasteiger partial charge in [0.1, 0.15) is 6.54 Å². The average Bonchev–Trinajstić information content (AvgIpc) is 2.47. The number of hydrogen-bond donors (Lipinski definition) is 1. The molecule has 0 aliphatic heterocycles. The Bertz CT molecular complexity index is 361. The van der Waals surface area contributed by atoms with Gasteiger partial charge in [-0.1, -0.05) is 0 Å². The minimum atomic E-state index is -4.37. The first-order valence-corrected chi connectivity index (χ1v) is 5.22. The molecule has 15 heavy (non-hydrogen) atoms. The van der Waals surface area contributed by atoms with Crippen molar-refractivity contribution in [3.05, 3.63) is 16.3 Å². The molecule has 0 spiro atoms. The maximum Gasteiger partial charge on any atom is 0.406 e. The predicted molar refractivity (Wildman–Crippen MR) is 54.6 cm³/mol. The third kappa shape index (κ3) is 3.75. The van der Waals surface area contributed by atoms with E-state index in [-0.39, 0.29) is 4.88 Å². The molecule has 0 unspecified atom stereocenters. The molecule has 0 radical (unpaired) electrons. The Morgan fingerprint density at radius 2 is 2.20 bits per heavy atom. The zero-order valence-corrected chi connectivity index (χ0v) is 9.42. The van der Waals surface area contributed by atoms with Gasteiger partial charge < -0.3 is 4.90 Å². The third-order valence-electron chi connectivity index (χ3n) is 1.56. The summed E-state index contributed by atoms with van der Waals surface area (Å²) in [6, 6.07) is 1.45. The van der Waals surface area contributed by atoms with Gasteiger partial charge in [-0.25, -0.2) is 0 Å². The van der Waals surface area contributed by atoms with Gasteiger partial charge in [-0.15, -0.1) is 24.0 Å². The van der Waals surface area contributed by atoms with Crippen LogP contribution in [0.2, 0.25) is 0 Å².